The van der Waals surface area contributed by atoms with Crippen molar-refractivity contribution < 1.29 is 4.79 Å². The lowest BCUT2D eigenvalue weighted by atomic mass is 9.89. The summed E-state index contributed by atoms with van der Waals surface area (Å²) in [7, 11) is 3.78. The van der Waals surface area contributed by atoms with E-state index < -0.39 is 0 Å². The molecule has 1 aromatic heterocycles. The van der Waals surface area contributed by atoms with Gasteiger partial charge < -0.3 is 15.2 Å². The third kappa shape index (κ3) is 3.08. The number of urea groups is 1. The fraction of sp³-hybridized carbons (Fsp3) is 0.438. The molecule has 1 aliphatic heterocycles. The molecule has 1 saturated heterocycles. The van der Waals surface area contributed by atoms with Crippen LogP contribution in [-0.4, -0.2) is 47.4 Å². The van der Waals surface area contributed by atoms with E-state index in [1.165, 1.54) is 28.1 Å². The van der Waals surface area contributed by atoms with Crippen LogP contribution in [0.2, 0.25) is 0 Å². The fourth-order valence-corrected chi connectivity index (χ4v) is 3.13. The summed E-state index contributed by atoms with van der Waals surface area (Å²) in [4.78, 5) is 17.5. The maximum absolute atomic E-state index is 11.7. The Labute approximate surface area is 136 Å². The lowest BCUT2D eigenvalue weighted by molar-refractivity contribution is 0.243. The van der Waals surface area contributed by atoms with Crippen LogP contribution in [-0.2, 0) is 0 Å². The molecule has 0 radical (unpaired) electrons. The lowest BCUT2D eigenvalue weighted by Gasteiger charge is -2.28. The third-order valence-corrected chi connectivity index (χ3v) is 4.60. The van der Waals surface area contributed by atoms with Crippen molar-refractivity contribution in [3.05, 3.63) is 30.0 Å². The molecule has 2 aromatic rings. The van der Waals surface area contributed by atoms with Crippen molar-refractivity contribution in [1.82, 2.24) is 14.2 Å². The molecule has 2 N–H and O–H groups in total. The maximum Gasteiger partial charge on any atom is 0.331 e. The maximum atomic E-state index is 11.7. The first-order chi connectivity index (χ1) is 10.5. The SMILES string of the molecule is CN1CCC(c2c[nH]c3ccc(NC(=O)N(C)S)cc23)CC1. The number of thiol groups is 1. The van der Waals surface area contributed by atoms with Crippen LogP contribution in [0.5, 0.6) is 0 Å². The predicted molar refractivity (Wildman–Crippen MR) is 93.5 cm³/mol. The number of benzene rings is 1. The van der Waals surface area contributed by atoms with Gasteiger partial charge in [0.15, 0.2) is 0 Å². The third-order valence-electron chi connectivity index (χ3n) is 4.42. The van der Waals surface area contributed by atoms with E-state index in [1.807, 2.05) is 12.1 Å². The van der Waals surface area contributed by atoms with E-state index in [2.05, 4.69) is 47.3 Å². The van der Waals surface area contributed by atoms with Gasteiger partial charge in [0, 0.05) is 29.8 Å². The number of nitrogens with one attached hydrogen (secondary N) is 2. The molecule has 2 heterocycles. The van der Waals surface area contributed by atoms with E-state index in [4.69, 9.17) is 0 Å². The van der Waals surface area contributed by atoms with Crippen LogP contribution in [0.25, 0.3) is 10.9 Å². The molecule has 1 aliphatic rings. The van der Waals surface area contributed by atoms with Crippen LogP contribution in [0.15, 0.2) is 24.4 Å². The van der Waals surface area contributed by atoms with Crippen molar-refractivity contribution in [1.29, 1.82) is 0 Å². The Hall–Kier alpha value is -1.66. The minimum atomic E-state index is -0.237. The quantitative estimate of drug-likeness (QED) is 0.744. The van der Waals surface area contributed by atoms with Crippen LogP contribution in [0.3, 0.4) is 0 Å². The number of fused-ring (bicyclic) bond motifs is 1. The van der Waals surface area contributed by atoms with Gasteiger partial charge in [-0.1, -0.05) is 12.8 Å². The van der Waals surface area contributed by atoms with Crippen LogP contribution in [0.1, 0.15) is 24.3 Å². The van der Waals surface area contributed by atoms with Crippen molar-refractivity contribution in [3.8, 4) is 0 Å². The molecule has 0 spiro atoms. The zero-order chi connectivity index (χ0) is 15.7. The summed E-state index contributed by atoms with van der Waals surface area (Å²) in [5, 5.41) is 4.05. The Bertz CT molecular complexity index is 674. The highest BCUT2D eigenvalue weighted by molar-refractivity contribution is 7.78. The minimum Gasteiger partial charge on any atom is -0.361 e. The summed E-state index contributed by atoms with van der Waals surface area (Å²) >= 11 is 4.01. The number of carbonyl (C=O) groups is 1. The van der Waals surface area contributed by atoms with E-state index in [1.54, 1.807) is 7.05 Å². The van der Waals surface area contributed by atoms with Gasteiger partial charge in [-0.3, -0.25) is 4.31 Å². The first-order valence-electron chi connectivity index (χ1n) is 7.58. The number of carbonyl (C=O) groups excluding carboxylic acids is 1. The van der Waals surface area contributed by atoms with Crippen molar-refractivity contribution in [3.63, 3.8) is 0 Å². The van der Waals surface area contributed by atoms with Crippen molar-refractivity contribution in [2.24, 2.45) is 0 Å². The van der Waals surface area contributed by atoms with Crippen molar-refractivity contribution >= 4 is 35.4 Å². The van der Waals surface area contributed by atoms with E-state index in [0.717, 1.165) is 24.3 Å². The molecule has 0 bridgehead atoms. The van der Waals surface area contributed by atoms with Gasteiger partial charge in [-0.25, -0.2) is 4.79 Å². The van der Waals surface area contributed by atoms with Gasteiger partial charge in [0.1, 0.15) is 0 Å². The fourth-order valence-electron chi connectivity index (χ4n) is 3.08. The van der Waals surface area contributed by atoms with Crippen LogP contribution < -0.4 is 5.32 Å². The summed E-state index contributed by atoms with van der Waals surface area (Å²) in [6.45, 7) is 2.27. The van der Waals surface area contributed by atoms with Gasteiger partial charge in [0.2, 0.25) is 0 Å². The van der Waals surface area contributed by atoms with E-state index in [9.17, 15) is 4.79 Å². The molecule has 22 heavy (non-hydrogen) atoms. The number of likely N-dealkylation sites (tertiary alicyclic amines) is 1. The first-order valence-corrected chi connectivity index (χ1v) is 7.98. The van der Waals surface area contributed by atoms with Crippen LogP contribution in [0, 0.1) is 0 Å². The average molecular weight is 318 g/mol. The summed E-state index contributed by atoms with van der Waals surface area (Å²) in [5.41, 5.74) is 3.27. The minimum absolute atomic E-state index is 0.237. The molecule has 1 aromatic carbocycles. The lowest BCUT2D eigenvalue weighted by Crippen LogP contribution is -2.29. The van der Waals surface area contributed by atoms with Gasteiger partial charge in [-0.05, 0) is 62.7 Å². The number of hydrogen-bond donors (Lipinski definition) is 3. The molecule has 0 aliphatic carbocycles. The van der Waals surface area contributed by atoms with Gasteiger partial charge in [-0.2, -0.15) is 0 Å². The zero-order valence-electron chi connectivity index (χ0n) is 13.0. The topological polar surface area (TPSA) is 51.4 Å². The molecule has 3 rings (SSSR count). The molecule has 0 saturated carbocycles. The van der Waals surface area contributed by atoms with Crippen LogP contribution in [0.4, 0.5) is 10.5 Å². The molecule has 5 nitrogen and oxygen atoms in total. The number of nitrogens with zero attached hydrogens (tertiary/aromatic N) is 2. The highest BCUT2D eigenvalue weighted by Gasteiger charge is 2.21. The molecule has 118 valence electrons. The number of hydrogen-bond acceptors (Lipinski definition) is 3. The smallest absolute Gasteiger partial charge is 0.331 e. The number of H-pyrrole nitrogens is 1. The number of aromatic nitrogens is 1. The highest BCUT2D eigenvalue weighted by atomic mass is 32.1. The van der Waals surface area contributed by atoms with Gasteiger partial charge in [0.25, 0.3) is 0 Å². The molecular formula is C16H22N4OS. The molecule has 1 fully saturated rings. The summed E-state index contributed by atoms with van der Waals surface area (Å²) in [5.74, 6) is 0.587. The normalized spacial score (nSPS) is 16.9. The van der Waals surface area contributed by atoms with Crippen LogP contribution >= 0.6 is 12.8 Å². The number of aromatic amines is 1. The second-order valence-electron chi connectivity index (χ2n) is 6.04. The Morgan fingerprint density at radius 2 is 2.14 bits per heavy atom. The molecule has 6 heteroatoms. The van der Waals surface area contributed by atoms with E-state index >= 15 is 0 Å². The second-order valence-corrected chi connectivity index (χ2v) is 6.64. The summed E-state index contributed by atoms with van der Waals surface area (Å²) < 4.78 is 1.24. The summed E-state index contributed by atoms with van der Waals surface area (Å²) in [6, 6.07) is 5.74. The predicted octanol–water partition coefficient (Wildman–Crippen LogP) is 3.29. The standard InChI is InChI=1S/C16H22N4OS/c1-19-7-5-11(6-8-19)14-10-17-15-4-3-12(9-13(14)15)18-16(21)20(2)22/h3-4,9-11,17,22H,5-8H2,1-2H3,(H,18,21). The van der Waals surface area contributed by atoms with Crippen molar-refractivity contribution in [2.45, 2.75) is 18.8 Å². The summed E-state index contributed by atoms with van der Waals surface area (Å²) in [6.07, 6.45) is 4.48. The molecule has 2 amide bonds. The number of amides is 2. The average Bonchev–Trinajstić information content (AvgIpc) is 2.91. The second kappa shape index (κ2) is 6.22. The molecule has 0 unspecified atom stereocenters. The van der Waals surface area contributed by atoms with E-state index in [0.29, 0.717) is 5.92 Å². The molecule has 0 atom stereocenters. The number of anilines is 1. The van der Waals surface area contributed by atoms with Crippen molar-refractivity contribution in [2.75, 3.05) is 32.5 Å². The van der Waals surface area contributed by atoms with Gasteiger partial charge >= 0.3 is 6.03 Å². The number of rotatable bonds is 2. The zero-order valence-corrected chi connectivity index (χ0v) is 13.9. The van der Waals surface area contributed by atoms with E-state index in [-0.39, 0.29) is 6.03 Å². The highest BCUT2D eigenvalue weighted by Crippen LogP contribution is 2.34. The molecular weight excluding hydrogens is 296 g/mol. The Morgan fingerprint density at radius 1 is 1.41 bits per heavy atom. The Balaban J connectivity index is 1.87. The Kier molecular flexibility index (Phi) is 4.31. The first kappa shape index (κ1) is 15.2. The largest absolute Gasteiger partial charge is 0.361 e. The Morgan fingerprint density at radius 3 is 2.82 bits per heavy atom. The number of piperidine rings is 1. The van der Waals surface area contributed by atoms with Gasteiger partial charge in [-0.15, -0.1) is 0 Å². The van der Waals surface area contributed by atoms with Gasteiger partial charge in [0.05, 0.1) is 0 Å². The monoisotopic (exact) mass is 318 g/mol.